The van der Waals surface area contributed by atoms with Gasteiger partial charge in [-0.3, -0.25) is 4.68 Å². The number of aromatic nitrogens is 2. The van der Waals surface area contributed by atoms with Crippen molar-refractivity contribution in [3.63, 3.8) is 0 Å². The molecule has 1 rings (SSSR count). The van der Waals surface area contributed by atoms with Gasteiger partial charge in [-0.15, -0.1) is 0 Å². The van der Waals surface area contributed by atoms with Gasteiger partial charge in [-0.1, -0.05) is 6.92 Å². The van der Waals surface area contributed by atoms with Crippen molar-refractivity contribution in [2.24, 2.45) is 0 Å². The minimum absolute atomic E-state index is 0.379. The molecule has 19 heavy (non-hydrogen) atoms. The van der Waals surface area contributed by atoms with Gasteiger partial charge in [-0.2, -0.15) is 5.10 Å². The molecule has 0 aliphatic rings. The maximum atomic E-state index is 10.4. The summed E-state index contributed by atoms with van der Waals surface area (Å²) in [6, 6.07) is 2.33. The van der Waals surface area contributed by atoms with E-state index in [2.05, 4.69) is 18.9 Å². The van der Waals surface area contributed by atoms with E-state index in [-0.39, 0.29) is 0 Å². The molecule has 1 aromatic rings. The lowest BCUT2D eigenvalue weighted by atomic mass is 9.96. The van der Waals surface area contributed by atoms with E-state index in [0.717, 1.165) is 12.1 Å². The first-order valence-corrected chi connectivity index (χ1v) is 6.74. The maximum Gasteiger partial charge on any atom is 0.159 e. The number of methoxy groups -OCH3 is 2. The fourth-order valence-electron chi connectivity index (χ4n) is 1.99. The fraction of sp³-hybridized carbons (Fsp3) is 0.786. The highest BCUT2D eigenvalue weighted by atomic mass is 16.7. The first kappa shape index (κ1) is 16.1. The molecule has 0 saturated carbocycles. The van der Waals surface area contributed by atoms with Crippen molar-refractivity contribution < 1.29 is 14.6 Å². The average molecular weight is 270 g/mol. The van der Waals surface area contributed by atoms with Gasteiger partial charge < -0.3 is 14.6 Å². The van der Waals surface area contributed by atoms with E-state index >= 15 is 0 Å². The van der Waals surface area contributed by atoms with Crippen LogP contribution in [0.2, 0.25) is 0 Å². The smallest absolute Gasteiger partial charge is 0.159 e. The van der Waals surface area contributed by atoms with Crippen molar-refractivity contribution in [1.82, 2.24) is 9.78 Å². The number of hydrogen-bond donors (Lipinski definition) is 1. The summed E-state index contributed by atoms with van der Waals surface area (Å²) in [5.41, 5.74) is -0.0121. The predicted molar refractivity (Wildman–Crippen MR) is 74.0 cm³/mol. The zero-order chi connectivity index (χ0) is 14.5. The third-order valence-corrected chi connectivity index (χ3v) is 3.40. The van der Waals surface area contributed by atoms with Crippen LogP contribution in [-0.4, -0.2) is 41.0 Å². The molecule has 1 N–H and O–H groups in total. The monoisotopic (exact) mass is 270 g/mol. The van der Waals surface area contributed by atoms with E-state index in [0.29, 0.717) is 18.9 Å². The van der Waals surface area contributed by atoms with Gasteiger partial charge in [0.2, 0.25) is 0 Å². The predicted octanol–water partition coefficient (Wildman–Crippen LogP) is 2.16. The van der Waals surface area contributed by atoms with Crippen LogP contribution >= 0.6 is 0 Å². The zero-order valence-electron chi connectivity index (χ0n) is 12.6. The van der Waals surface area contributed by atoms with E-state index in [4.69, 9.17) is 9.47 Å². The average Bonchev–Trinajstić information content (AvgIpc) is 2.82. The van der Waals surface area contributed by atoms with Crippen LogP contribution < -0.4 is 0 Å². The minimum atomic E-state index is -0.897. The fourth-order valence-corrected chi connectivity index (χ4v) is 1.99. The molecule has 0 radical (unpaired) electrons. The second kappa shape index (κ2) is 7.03. The molecule has 110 valence electrons. The topological polar surface area (TPSA) is 56.5 Å². The Morgan fingerprint density at radius 2 is 2.05 bits per heavy atom. The molecule has 0 aliphatic heterocycles. The SMILES string of the molecule is CCC(C)n1ccc(CC(C)(O)CC(OC)OC)n1. The summed E-state index contributed by atoms with van der Waals surface area (Å²) in [7, 11) is 3.14. The lowest BCUT2D eigenvalue weighted by molar-refractivity contribution is -0.140. The van der Waals surface area contributed by atoms with Crippen LogP contribution in [0.1, 0.15) is 45.3 Å². The summed E-state index contributed by atoms with van der Waals surface area (Å²) in [6.07, 6.45) is 3.50. The Bertz CT molecular complexity index is 373. The second-order valence-electron chi connectivity index (χ2n) is 5.32. The van der Waals surface area contributed by atoms with Crippen molar-refractivity contribution in [3.05, 3.63) is 18.0 Å². The molecule has 1 aromatic heterocycles. The number of hydrogen-bond acceptors (Lipinski definition) is 4. The molecule has 0 fully saturated rings. The number of rotatable bonds is 8. The number of ether oxygens (including phenoxy) is 2. The van der Waals surface area contributed by atoms with Crippen LogP contribution in [0.3, 0.4) is 0 Å². The standard InChI is InChI=1S/C14H26N2O3/c1-6-11(2)16-8-7-12(15-16)9-14(3,17)10-13(18-4)19-5/h7-8,11,13,17H,6,9-10H2,1-5H3. The Labute approximate surface area is 115 Å². The van der Waals surface area contributed by atoms with E-state index in [1.807, 2.05) is 16.9 Å². The number of aliphatic hydroxyl groups is 1. The van der Waals surface area contributed by atoms with Gasteiger partial charge in [0.05, 0.1) is 11.3 Å². The molecule has 0 aliphatic carbocycles. The third-order valence-electron chi connectivity index (χ3n) is 3.40. The van der Waals surface area contributed by atoms with Gasteiger partial charge in [0.15, 0.2) is 6.29 Å². The summed E-state index contributed by atoms with van der Waals surface area (Å²) in [6.45, 7) is 6.03. The largest absolute Gasteiger partial charge is 0.390 e. The molecular weight excluding hydrogens is 244 g/mol. The Morgan fingerprint density at radius 3 is 2.58 bits per heavy atom. The van der Waals surface area contributed by atoms with Gasteiger partial charge in [0, 0.05) is 39.3 Å². The first-order chi connectivity index (χ1) is 8.91. The van der Waals surface area contributed by atoms with Crippen molar-refractivity contribution >= 4 is 0 Å². The molecular formula is C14H26N2O3. The van der Waals surface area contributed by atoms with Crippen molar-refractivity contribution in [3.8, 4) is 0 Å². The summed E-state index contributed by atoms with van der Waals surface area (Å²) < 4.78 is 12.2. The Kier molecular flexibility index (Phi) is 5.97. The van der Waals surface area contributed by atoms with Gasteiger partial charge in [-0.25, -0.2) is 0 Å². The highest BCUT2D eigenvalue weighted by Crippen LogP contribution is 2.20. The molecule has 0 bridgehead atoms. The molecule has 0 aromatic carbocycles. The second-order valence-corrected chi connectivity index (χ2v) is 5.32. The van der Waals surface area contributed by atoms with Crippen LogP contribution in [0.15, 0.2) is 12.3 Å². The summed E-state index contributed by atoms with van der Waals surface area (Å²) in [4.78, 5) is 0. The molecule has 5 nitrogen and oxygen atoms in total. The Morgan fingerprint density at radius 1 is 1.42 bits per heavy atom. The van der Waals surface area contributed by atoms with Crippen LogP contribution in [0.5, 0.6) is 0 Å². The quantitative estimate of drug-likeness (QED) is 0.735. The molecule has 0 spiro atoms. The normalized spacial score (nSPS) is 16.6. The zero-order valence-corrected chi connectivity index (χ0v) is 12.6. The molecule has 0 amide bonds. The van der Waals surface area contributed by atoms with Gasteiger partial charge in [0.1, 0.15) is 0 Å². The van der Waals surface area contributed by atoms with Crippen LogP contribution in [-0.2, 0) is 15.9 Å². The highest BCUT2D eigenvalue weighted by molar-refractivity contribution is 5.04. The van der Waals surface area contributed by atoms with E-state index in [9.17, 15) is 5.11 Å². The highest BCUT2D eigenvalue weighted by Gasteiger charge is 2.27. The molecule has 1 heterocycles. The van der Waals surface area contributed by atoms with Crippen molar-refractivity contribution in [2.45, 2.75) is 58.0 Å². The molecule has 2 unspecified atom stereocenters. The molecule has 5 heteroatoms. The van der Waals surface area contributed by atoms with E-state index in [1.165, 1.54) is 0 Å². The van der Waals surface area contributed by atoms with Crippen molar-refractivity contribution in [2.75, 3.05) is 14.2 Å². The Hall–Kier alpha value is -0.910. The van der Waals surface area contributed by atoms with Crippen LogP contribution in [0.4, 0.5) is 0 Å². The summed E-state index contributed by atoms with van der Waals surface area (Å²) >= 11 is 0. The minimum Gasteiger partial charge on any atom is -0.390 e. The number of nitrogens with zero attached hydrogens (tertiary/aromatic N) is 2. The van der Waals surface area contributed by atoms with E-state index in [1.54, 1.807) is 21.1 Å². The van der Waals surface area contributed by atoms with Gasteiger partial charge in [0.25, 0.3) is 0 Å². The Balaban J connectivity index is 2.64. The summed E-state index contributed by atoms with van der Waals surface area (Å²) in [5, 5.41) is 14.9. The molecule has 2 atom stereocenters. The maximum absolute atomic E-state index is 10.4. The lowest BCUT2D eigenvalue weighted by Crippen LogP contribution is -2.34. The van der Waals surface area contributed by atoms with Crippen molar-refractivity contribution in [1.29, 1.82) is 0 Å². The van der Waals surface area contributed by atoms with Crippen LogP contribution in [0.25, 0.3) is 0 Å². The first-order valence-electron chi connectivity index (χ1n) is 6.74. The third kappa shape index (κ3) is 4.93. The van der Waals surface area contributed by atoms with Gasteiger partial charge >= 0.3 is 0 Å². The summed E-state index contributed by atoms with van der Waals surface area (Å²) in [5.74, 6) is 0. The molecule has 0 saturated heterocycles. The van der Waals surface area contributed by atoms with E-state index < -0.39 is 11.9 Å². The van der Waals surface area contributed by atoms with Gasteiger partial charge in [-0.05, 0) is 26.3 Å². The van der Waals surface area contributed by atoms with Crippen LogP contribution in [0, 0.1) is 0 Å². The lowest BCUT2D eigenvalue weighted by Gasteiger charge is -2.26.